The number of carbonyl (C=O) groups is 1. The second-order valence-electron chi connectivity index (χ2n) is 4.12. The summed E-state index contributed by atoms with van der Waals surface area (Å²) in [5.41, 5.74) is -0.521. The predicted octanol–water partition coefficient (Wildman–Crippen LogP) is 1.32. The summed E-state index contributed by atoms with van der Waals surface area (Å²) in [5, 5.41) is 8.35. The minimum Gasteiger partial charge on any atom is -0.353 e. The summed E-state index contributed by atoms with van der Waals surface area (Å²) in [4.78, 5) is 13.2. The van der Waals surface area contributed by atoms with Crippen LogP contribution in [0.15, 0.2) is 17.5 Å². The molecule has 1 unspecified atom stereocenters. The molecule has 0 spiro atoms. The van der Waals surface area contributed by atoms with E-state index in [2.05, 4.69) is 24.5 Å². The van der Waals surface area contributed by atoms with Crippen molar-refractivity contribution < 1.29 is 4.79 Å². The molecule has 1 atom stereocenters. The van der Waals surface area contributed by atoms with Crippen LogP contribution in [0.2, 0.25) is 0 Å². The number of amides is 1. The summed E-state index contributed by atoms with van der Waals surface area (Å²) in [6.07, 6.45) is 0. The third-order valence-electron chi connectivity index (χ3n) is 2.95. The fourth-order valence-corrected chi connectivity index (χ4v) is 3.16. The third-order valence-corrected chi connectivity index (χ3v) is 3.95. The topological polar surface area (TPSA) is 41.1 Å². The third kappa shape index (κ3) is 1.58. The van der Waals surface area contributed by atoms with Crippen LogP contribution in [-0.4, -0.2) is 19.0 Å². The number of thiophene rings is 1. The predicted molar refractivity (Wildman–Crippen MR) is 61.8 cm³/mol. The van der Waals surface area contributed by atoms with Gasteiger partial charge >= 0.3 is 0 Å². The zero-order valence-corrected chi connectivity index (χ0v) is 9.86. The van der Waals surface area contributed by atoms with E-state index < -0.39 is 5.54 Å². The van der Waals surface area contributed by atoms with Crippen LogP contribution in [0.1, 0.15) is 18.7 Å². The first kappa shape index (κ1) is 10.6. The van der Waals surface area contributed by atoms with Crippen LogP contribution in [0.5, 0.6) is 0 Å². The van der Waals surface area contributed by atoms with E-state index in [4.69, 9.17) is 0 Å². The van der Waals surface area contributed by atoms with E-state index in [-0.39, 0.29) is 11.8 Å². The first-order valence-electron chi connectivity index (χ1n) is 5.25. The van der Waals surface area contributed by atoms with E-state index in [1.54, 1.807) is 11.3 Å². The Morgan fingerprint density at radius 3 is 2.80 bits per heavy atom. The van der Waals surface area contributed by atoms with Gasteiger partial charge in [0.05, 0.1) is 0 Å². The summed E-state index contributed by atoms with van der Waals surface area (Å²) in [5.74, 6) is 0.350. The zero-order valence-electron chi connectivity index (χ0n) is 9.04. The molecule has 2 N–H and O–H groups in total. The molecule has 2 heterocycles. The maximum Gasteiger partial charge on any atom is 0.246 e. The molecule has 0 saturated carbocycles. The number of hydrogen-bond acceptors (Lipinski definition) is 3. The Labute approximate surface area is 93.9 Å². The van der Waals surface area contributed by atoms with E-state index in [9.17, 15) is 4.79 Å². The van der Waals surface area contributed by atoms with Crippen LogP contribution in [0.25, 0.3) is 0 Å². The molecule has 4 heteroatoms. The molecule has 0 aromatic carbocycles. The van der Waals surface area contributed by atoms with Crippen LogP contribution >= 0.6 is 11.3 Å². The van der Waals surface area contributed by atoms with Gasteiger partial charge in [0.2, 0.25) is 5.91 Å². The molecule has 1 aromatic rings. The van der Waals surface area contributed by atoms with Gasteiger partial charge in [-0.15, -0.1) is 11.3 Å². The van der Waals surface area contributed by atoms with Crippen molar-refractivity contribution in [2.75, 3.05) is 13.1 Å². The Bertz CT molecular complexity index is 347. The van der Waals surface area contributed by atoms with Crippen LogP contribution in [0.3, 0.4) is 0 Å². The molecule has 1 aliphatic rings. The quantitative estimate of drug-likeness (QED) is 0.795. The molecule has 0 radical (unpaired) electrons. The average Bonchev–Trinajstić information content (AvgIpc) is 2.71. The van der Waals surface area contributed by atoms with Crippen molar-refractivity contribution in [3.8, 4) is 0 Å². The summed E-state index contributed by atoms with van der Waals surface area (Å²) < 4.78 is 0. The van der Waals surface area contributed by atoms with Crippen molar-refractivity contribution in [1.29, 1.82) is 0 Å². The van der Waals surface area contributed by atoms with Crippen LogP contribution in [0, 0.1) is 5.92 Å². The molecule has 1 amide bonds. The first-order chi connectivity index (χ1) is 7.18. The van der Waals surface area contributed by atoms with Crippen molar-refractivity contribution in [3.05, 3.63) is 22.4 Å². The number of rotatable bonds is 2. The highest BCUT2D eigenvalue weighted by atomic mass is 32.1. The molecular formula is C11H16N2OS. The molecule has 1 fully saturated rings. The van der Waals surface area contributed by atoms with Gasteiger partial charge in [-0.25, -0.2) is 0 Å². The van der Waals surface area contributed by atoms with Crippen LogP contribution < -0.4 is 10.6 Å². The number of carbonyl (C=O) groups excluding carboxylic acids is 1. The van der Waals surface area contributed by atoms with E-state index >= 15 is 0 Å². The second kappa shape index (κ2) is 3.94. The number of hydrogen-bond donors (Lipinski definition) is 2. The van der Waals surface area contributed by atoms with Crippen molar-refractivity contribution in [1.82, 2.24) is 10.6 Å². The maximum atomic E-state index is 12.1. The van der Waals surface area contributed by atoms with E-state index in [0.717, 1.165) is 18.0 Å². The highest BCUT2D eigenvalue weighted by molar-refractivity contribution is 7.10. The highest BCUT2D eigenvalue weighted by Gasteiger charge is 2.45. The van der Waals surface area contributed by atoms with Crippen molar-refractivity contribution >= 4 is 17.2 Å². The standard InChI is InChI=1S/C11H16N2OS/c1-8(2)11(9-4-3-7-15-9)10(14)12-5-6-13-11/h3-4,7-8,13H,5-6H2,1-2H3,(H,12,14). The van der Waals surface area contributed by atoms with E-state index in [0.29, 0.717) is 0 Å². The van der Waals surface area contributed by atoms with Gasteiger partial charge in [0.15, 0.2) is 0 Å². The van der Waals surface area contributed by atoms with Crippen LogP contribution in [-0.2, 0) is 10.3 Å². The fraction of sp³-hybridized carbons (Fsp3) is 0.545. The lowest BCUT2D eigenvalue weighted by atomic mass is 9.82. The van der Waals surface area contributed by atoms with Gasteiger partial charge in [0.25, 0.3) is 0 Å². The van der Waals surface area contributed by atoms with E-state index in [1.807, 2.05) is 17.5 Å². The number of piperazine rings is 1. The molecule has 1 saturated heterocycles. The highest BCUT2D eigenvalue weighted by Crippen LogP contribution is 2.34. The largest absolute Gasteiger partial charge is 0.353 e. The molecule has 0 bridgehead atoms. The van der Waals surface area contributed by atoms with Gasteiger partial charge in [0, 0.05) is 18.0 Å². The summed E-state index contributed by atoms with van der Waals surface area (Å²) >= 11 is 1.64. The lowest BCUT2D eigenvalue weighted by molar-refractivity contribution is -0.131. The number of nitrogens with one attached hydrogen (secondary N) is 2. The van der Waals surface area contributed by atoms with Gasteiger partial charge in [-0.05, 0) is 17.4 Å². The summed E-state index contributed by atoms with van der Waals surface area (Å²) in [6, 6.07) is 4.02. The molecular weight excluding hydrogens is 208 g/mol. The van der Waals surface area contributed by atoms with Gasteiger partial charge in [-0.3, -0.25) is 10.1 Å². The Morgan fingerprint density at radius 2 is 2.27 bits per heavy atom. The fourth-order valence-electron chi connectivity index (χ4n) is 2.11. The Kier molecular flexibility index (Phi) is 2.80. The van der Waals surface area contributed by atoms with Gasteiger partial charge in [-0.1, -0.05) is 19.9 Å². The van der Waals surface area contributed by atoms with Gasteiger partial charge in [0.1, 0.15) is 5.54 Å². The minimum absolute atomic E-state index is 0.103. The molecule has 1 aliphatic heterocycles. The summed E-state index contributed by atoms with van der Waals surface area (Å²) in [6.45, 7) is 5.72. The smallest absolute Gasteiger partial charge is 0.246 e. The van der Waals surface area contributed by atoms with Crippen molar-refractivity contribution in [3.63, 3.8) is 0 Å². The molecule has 0 aliphatic carbocycles. The Hall–Kier alpha value is -0.870. The molecule has 3 nitrogen and oxygen atoms in total. The Morgan fingerprint density at radius 1 is 1.47 bits per heavy atom. The molecule has 2 rings (SSSR count). The monoisotopic (exact) mass is 224 g/mol. The maximum absolute atomic E-state index is 12.1. The average molecular weight is 224 g/mol. The lowest BCUT2D eigenvalue weighted by Gasteiger charge is -2.39. The van der Waals surface area contributed by atoms with Gasteiger partial charge < -0.3 is 5.32 Å². The van der Waals surface area contributed by atoms with Gasteiger partial charge in [-0.2, -0.15) is 0 Å². The van der Waals surface area contributed by atoms with Crippen LogP contribution in [0.4, 0.5) is 0 Å². The van der Waals surface area contributed by atoms with Crippen molar-refractivity contribution in [2.45, 2.75) is 19.4 Å². The molecule has 1 aromatic heterocycles. The lowest BCUT2D eigenvalue weighted by Crippen LogP contribution is -2.63. The second-order valence-corrected chi connectivity index (χ2v) is 5.07. The Balaban J connectivity index is 2.44. The molecule has 15 heavy (non-hydrogen) atoms. The first-order valence-corrected chi connectivity index (χ1v) is 6.13. The summed E-state index contributed by atoms with van der Waals surface area (Å²) in [7, 11) is 0. The molecule has 82 valence electrons. The van der Waals surface area contributed by atoms with E-state index in [1.165, 1.54) is 0 Å². The SMILES string of the molecule is CC(C)C1(c2cccs2)NCCNC1=O. The van der Waals surface area contributed by atoms with Crippen molar-refractivity contribution in [2.24, 2.45) is 5.92 Å². The minimum atomic E-state index is -0.521. The zero-order chi connectivity index (χ0) is 10.9. The normalized spacial score (nSPS) is 26.7.